The van der Waals surface area contributed by atoms with Gasteiger partial charge in [0.05, 0.1) is 17.5 Å². The number of rotatable bonds is 5. The molecule has 2 heterocycles. The van der Waals surface area contributed by atoms with Crippen molar-refractivity contribution in [3.8, 4) is 0 Å². The highest BCUT2D eigenvalue weighted by Crippen LogP contribution is 2.21. The van der Waals surface area contributed by atoms with Gasteiger partial charge in [0.25, 0.3) is 0 Å². The molecule has 2 rings (SSSR count). The van der Waals surface area contributed by atoms with E-state index in [1.807, 2.05) is 0 Å². The summed E-state index contributed by atoms with van der Waals surface area (Å²) < 4.78 is 5.54. The maximum absolute atomic E-state index is 10.4. The van der Waals surface area contributed by atoms with Crippen LogP contribution in [0, 0.1) is 0 Å². The fourth-order valence-corrected chi connectivity index (χ4v) is 2.78. The predicted octanol–water partition coefficient (Wildman–Crippen LogP) is 1.88. The van der Waals surface area contributed by atoms with Gasteiger partial charge in [0.15, 0.2) is 0 Å². The maximum Gasteiger partial charge on any atom is 0.303 e. The molecular formula is C11H15NO3S. The molecule has 0 radical (unpaired) electrons. The number of aromatic nitrogens is 1. The van der Waals surface area contributed by atoms with Crippen LogP contribution in [0.3, 0.4) is 0 Å². The second-order valence-electron chi connectivity index (χ2n) is 3.95. The van der Waals surface area contributed by atoms with E-state index in [-0.39, 0.29) is 6.42 Å². The number of aryl methyl sites for hydroxylation is 1. The minimum atomic E-state index is -0.755. The first-order valence-corrected chi connectivity index (χ1v) is 6.32. The maximum atomic E-state index is 10.4. The van der Waals surface area contributed by atoms with Crippen LogP contribution < -0.4 is 0 Å². The Morgan fingerprint density at radius 1 is 1.69 bits per heavy atom. The second kappa shape index (κ2) is 5.41. The lowest BCUT2D eigenvalue weighted by molar-refractivity contribution is -0.136. The molecule has 1 fully saturated rings. The summed E-state index contributed by atoms with van der Waals surface area (Å²) in [6.45, 7) is 0.863. The Kier molecular flexibility index (Phi) is 3.90. The molecule has 0 amide bonds. The molecule has 4 nitrogen and oxygen atoms in total. The zero-order chi connectivity index (χ0) is 11.4. The van der Waals surface area contributed by atoms with E-state index < -0.39 is 5.97 Å². The summed E-state index contributed by atoms with van der Waals surface area (Å²) >= 11 is 1.61. The third-order valence-corrected chi connectivity index (χ3v) is 3.69. The Bertz CT molecular complexity index is 358. The van der Waals surface area contributed by atoms with Gasteiger partial charge in [-0.1, -0.05) is 0 Å². The third-order valence-electron chi connectivity index (χ3n) is 2.61. The predicted molar refractivity (Wildman–Crippen MR) is 60.7 cm³/mol. The SMILES string of the molecule is O=C(O)CCc1cnc(CC2CCCO2)s1. The highest BCUT2D eigenvalue weighted by molar-refractivity contribution is 7.11. The van der Waals surface area contributed by atoms with Gasteiger partial charge in [-0.3, -0.25) is 4.79 Å². The van der Waals surface area contributed by atoms with E-state index in [2.05, 4.69) is 4.98 Å². The van der Waals surface area contributed by atoms with Crippen molar-refractivity contribution in [1.29, 1.82) is 0 Å². The molecule has 1 unspecified atom stereocenters. The molecule has 0 spiro atoms. The van der Waals surface area contributed by atoms with Gasteiger partial charge < -0.3 is 9.84 Å². The van der Waals surface area contributed by atoms with Gasteiger partial charge in [0.2, 0.25) is 0 Å². The number of nitrogens with zero attached hydrogens (tertiary/aromatic N) is 1. The van der Waals surface area contributed by atoms with Gasteiger partial charge in [-0.05, 0) is 19.3 Å². The molecule has 1 aliphatic rings. The Labute approximate surface area is 98.3 Å². The molecule has 1 atom stereocenters. The summed E-state index contributed by atoms with van der Waals surface area (Å²) in [4.78, 5) is 15.8. The fraction of sp³-hybridized carbons (Fsp3) is 0.636. The number of hydrogen-bond donors (Lipinski definition) is 1. The molecule has 0 aromatic carbocycles. The molecule has 1 N–H and O–H groups in total. The quantitative estimate of drug-likeness (QED) is 0.855. The first-order valence-electron chi connectivity index (χ1n) is 5.51. The van der Waals surface area contributed by atoms with Crippen LogP contribution in [0.4, 0.5) is 0 Å². The number of aliphatic carboxylic acids is 1. The second-order valence-corrected chi connectivity index (χ2v) is 5.15. The van der Waals surface area contributed by atoms with Crippen molar-refractivity contribution < 1.29 is 14.6 Å². The average molecular weight is 241 g/mol. The summed E-state index contributed by atoms with van der Waals surface area (Å²) in [7, 11) is 0. The van der Waals surface area contributed by atoms with Gasteiger partial charge in [-0.2, -0.15) is 0 Å². The lowest BCUT2D eigenvalue weighted by Crippen LogP contribution is -2.08. The van der Waals surface area contributed by atoms with Gasteiger partial charge >= 0.3 is 5.97 Å². The molecule has 0 saturated carbocycles. The summed E-state index contributed by atoms with van der Waals surface area (Å²) in [5.74, 6) is -0.755. The largest absolute Gasteiger partial charge is 0.481 e. The Morgan fingerprint density at radius 3 is 3.25 bits per heavy atom. The zero-order valence-electron chi connectivity index (χ0n) is 9.02. The number of carboxylic acids is 1. The zero-order valence-corrected chi connectivity index (χ0v) is 9.83. The fourth-order valence-electron chi connectivity index (χ4n) is 1.79. The first kappa shape index (κ1) is 11.5. The number of carbonyl (C=O) groups is 1. The van der Waals surface area contributed by atoms with E-state index in [9.17, 15) is 4.79 Å². The number of ether oxygens (including phenoxy) is 1. The van der Waals surface area contributed by atoms with E-state index in [1.54, 1.807) is 17.5 Å². The first-order chi connectivity index (χ1) is 7.74. The summed E-state index contributed by atoms with van der Waals surface area (Å²) in [5.41, 5.74) is 0. The molecule has 16 heavy (non-hydrogen) atoms. The lowest BCUT2D eigenvalue weighted by Gasteiger charge is -2.05. The van der Waals surface area contributed by atoms with E-state index in [0.29, 0.717) is 12.5 Å². The van der Waals surface area contributed by atoms with E-state index in [1.165, 1.54) is 0 Å². The van der Waals surface area contributed by atoms with Crippen LogP contribution in [0.1, 0.15) is 29.1 Å². The molecule has 1 aromatic heterocycles. The van der Waals surface area contributed by atoms with Crippen molar-refractivity contribution in [2.75, 3.05) is 6.61 Å². The van der Waals surface area contributed by atoms with Gasteiger partial charge in [-0.25, -0.2) is 4.98 Å². The smallest absolute Gasteiger partial charge is 0.303 e. The molecule has 0 bridgehead atoms. The van der Waals surface area contributed by atoms with Crippen LogP contribution in [0.2, 0.25) is 0 Å². The van der Waals surface area contributed by atoms with Crippen LogP contribution in [-0.2, 0) is 22.4 Å². The summed E-state index contributed by atoms with van der Waals surface area (Å²) in [6.07, 6.45) is 6.00. The van der Waals surface area contributed by atoms with Crippen LogP contribution in [0.15, 0.2) is 6.20 Å². The van der Waals surface area contributed by atoms with Crippen LogP contribution in [0.25, 0.3) is 0 Å². The summed E-state index contributed by atoms with van der Waals surface area (Å²) in [5, 5.41) is 9.64. The summed E-state index contributed by atoms with van der Waals surface area (Å²) in [6, 6.07) is 0. The molecule has 5 heteroatoms. The van der Waals surface area contributed by atoms with Crippen LogP contribution in [0.5, 0.6) is 0 Å². The van der Waals surface area contributed by atoms with Gasteiger partial charge in [0, 0.05) is 24.1 Å². The van der Waals surface area contributed by atoms with E-state index in [4.69, 9.17) is 9.84 Å². The normalized spacial score (nSPS) is 20.1. The number of thiazole rings is 1. The highest BCUT2D eigenvalue weighted by Gasteiger charge is 2.17. The van der Waals surface area contributed by atoms with E-state index in [0.717, 1.165) is 35.8 Å². The molecular weight excluding hydrogens is 226 g/mol. The average Bonchev–Trinajstić information content (AvgIpc) is 2.87. The third kappa shape index (κ3) is 3.28. The Hall–Kier alpha value is -0.940. The van der Waals surface area contributed by atoms with Crippen molar-refractivity contribution in [2.24, 2.45) is 0 Å². The van der Waals surface area contributed by atoms with Gasteiger partial charge in [0.1, 0.15) is 0 Å². The Morgan fingerprint density at radius 2 is 2.56 bits per heavy atom. The number of carboxylic acid groups (broad SMARTS) is 1. The van der Waals surface area contributed by atoms with Crippen molar-refractivity contribution in [3.63, 3.8) is 0 Å². The molecule has 88 valence electrons. The lowest BCUT2D eigenvalue weighted by atomic mass is 10.2. The molecule has 1 aromatic rings. The minimum absolute atomic E-state index is 0.182. The Balaban J connectivity index is 1.84. The van der Waals surface area contributed by atoms with Crippen LogP contribution in [-0.4, -0.2) is 28.8 Å². The van der Waals surface area contributed by atoms with E-state index >= 15 is 0 Å². The van der Waals surface area contributed by atoms with Gasteiger partial charge in [-0.15, -0.1) is 11.3 Å². The number of hydrogen-bond acceptors (Lipinski definition) is 4. The van der Waals surface area contributed by atoms with Crippen LogP contribution >= 0.6 is 11.3 Å². The van der Waals surface area contributed by atoms with Crippen molar-refractivity contribution in [3.05, 3.63) is 16.1 Å². The molecule has 1 saturated heterocycles. The highest BCUT2D eigenvalue weighted by atomic mass is 32.1. The minimum Gasteiger partial charge on any atom is -0.481 e. The molecule has 0 aliphatic carbocycles. The topological polar surface area (TPSA) is 59.4 Å². The monoisotopic (exact) mass is 241 g/mol. The van der Waals surface area contributed by atoms with Crippen molar-refractivity contribution in [1.82, 2.24) is 4.98 Å². The van der Waals surface area contributed by atoms with Crippen molar-refractivity contribution >= 4 is 17.3 Å². The van der Waals surface area contributed by atoms with Crippen molar-refractivity contribution in [2.45, 2.75) is 38.2 Å². The molecule has 1 aliphatic heterocycles. The standard InChI is InChI=1S/C11H15NO3S/c13-11(14)4-3-9-7-12-10(16-9)6-8-2-1-5-15-8/h7-8H,1-6H2,(H,13,14).